The highest BCUT2D eigenvalue weighted by atomic mass is 19.1. The number of hydrogen-bond acceptors (Lipinski definition) is 3. The monoisotopic (exact) mass is 113 g/mol. The third-order valence-corrected chi connectivity index (χ3v) is 0.597. The number of aromatic hydroxyl groups is 1. The number of aromatic nitrogens is 2. The normalized spacial score (nSPS) is 9.12. The summed E-state index contributed by atoms with van der Waals surface area (Å²) in [5.41, 5.74) is 0. The molecule has 0 amide bonds. The summed E-state index contributed by atoms with van der Waals surface area (Å²) < 4.78 is 11.9. The van der Waals surface area contributed by atoms with Gasteiger partial charge in [-0.3, -0.25) is 0 Å². The molecule has 8 heavy (non-hydrogen) atoms. The number of nitrogens with zero attached hydrogens (tertiary/aromatic N) is 2. The molecule has 4 heteroatoms. The van der Waals surface area contributed by atoms with Gasteiger partial charge >= 0.3 is 0 Å². The molecule has 0 atom stereocenters. The molecular formula is C4H2FN2O. The van der Waals surface area contributed by atoms with E-state index in [1.54, 1.807) is 0 Å². The number of halogens is 1. The van der Waals surface area contributed by atoms with Crippen LogP contribution in [-0.2, 0) is 0 Å². The predicted molar refractivity (Wildman–Crippen MR) is 22.5 cm³/mol. The Morgan fingerprint density at radius 2 is 2.50 bits per heavy atom. The molecule has 1 heterocycles. The zero-order valence-electron chi connectivity index (χ0n) is 3.80. The Labute approximate surface area is 44.8 Å². The number of rotatable bonds is 0. The van der Waals surface area contributed by atoms with Gasteiger partial charge < -0.3 is 5.11 Å². The molecule has 1 rings (SSSR count). The van der Waals surface area contributed by atoms with E-state index in [1.165, 1.54) is 0 Å². The zero-order chi connectivity index (χ0) is 5.98. The molecule has 3 nitrogen and oxygen atoms in total. The summed E-state index contributed by atoms with van der Waals surface area (Å²) in [5, 5.41) is 8.36. The van der Waals surface area contributed by atoms with Crippen LogP contribution in [0.2, 0.25) is 0 Å². The first-order valence-corrected chi connectivity index (χ1v) is 1.88. The average molecular weight is 113 g/mol. The van der Waals surface area contributed by atoms with Crippen LogP contribution in [0, 0.1) is 12.0 Å². The van der Waals surface area contributed by atoms with E-state index in [1.807, 2.05) is 6.20 Å². The van der Waals surface area contributed by atoms with Crippen LogP contribution in [0.25, 0.3) is 0 Å². The summed E-state index contributed by atoms with van der Waals surface area (Å²) in [4.78, 5) is 6.29. The van der Waals surface area contributed by atoms with Gasteiger partial charge in [0, 0.05) is 0 Å². The first-order chi connectivity index (χ1) is 3.80. The van der Waals surface area contributed by atoms with Gasteiger partial charge in [-0.05, 0) is 0 Å². The first-order valence-electron chi connectivity index (χ1n) is 1.88. The van der Waals surface area contributed by atoms with Crippen LogP contribution >= 0.6 is 0 Å². The van der Waals surface area contributed by atoms with Crippen LogP contribution in [0.3, 0.4) is 0 Å². The lowest BCUT2D eigenvalue weighted by Gasteiger charge is -1.85. The predicted octanol–water partition coefficient (Wildman–Crippen LogP) is 0.121. The average Bonchev–Trinajstić information content (AvgIpc) is 1.77. The smallest absolute Gasteiger partial charge is 0.251 e. The van der Waals surface area contributed by atoms with Crippen molar-refractivity contribution in [3.8, 4) is 5.88 Å². The van der Waals surface area contributed by atoms with Crippen LogP contribution in [0.15, 0.2) is 6.33 Å². The van der Waals surface area contributed by atoms with Crippen molar-refractivity contribution in [3.05, 3.63) is 18.3 Å². The summed E-state index contributed by atoms with van der Waals surface area (Å²) >= 11 is 0. The Morgan fingerprint density at radius 3 is 2.88 bits per heavy atom. The molecule has 0 saturated heterocycles. The fourth-order valence-corrected chi connectivity index (χ4v) is 0.276. The van der Waals surface area contributed by atoms with Gasteiger partial charge in [0.25, 0.3) is 5.88 Å². The highest BCUT2D eigenvalue weighted by molar-refractivity contribution is 5.03. The lowest BCUT2D eigenvalue weighted by molar-refractivity contribution is 0.407. The maximum absolute atomic E-state index is 11.9. The fourth-order valence-electron chi connectivity index (χ4n) is 0.276. The van der Waals surface area contributed by atoms with E-state index in [-0.39, 0.29) is 0 Å². The van der Waals surface area contributed by atoms with Gasteiger partial charge in [0.2, 0.25) is 5.82 Å². The summed E-state index contributed by atoms with van der Waals surface area (Å²) in [6, 6.07) is 0. The summed E-state index contributed by atoms with van der Waals surface area (Å²) in [5.74, 6) is -1.59. The maximum atomic E-state index is 11.9. The molecule has 0 aromatic carbocycles. The molecule has 0 fully saturated rings. The maximum Gasteiger partial charge on any atom is 0.251 e. The largest absolute Gasteiger partial charge is 0.491 e. The minimum Gasteiger partial charge on any atom is -0.491 e. The van der Waals surface area contributed by atoms with E-state index in [0.29, 0.717) is 0 Å². The second kappa shape index (κ2) is 1.73. The van der Waals surface area contributed by atoms with Crippen molar-refractivity contribution in [1.82, 2.24) is 9.97 Å². The van der Waals surface area contributed by atoms with Crippen LogP contribution in [0.4, 0.5) is 4.39 Å². The molecule has 1 aromatic heterocycles. The molecule has 0 aliphatic heterocycles. The van der Waals surface area contributed by atoms with Crippen molar-refractivity contribution in [1.29, 1.82) is 0 Å². The van der Waals surface area contributed by atoms with E-state index in [0.717, 1.165) is 6.33 Å². The molecule has 1 radical (unpaired) electrons. The van der Waals surface area contributed by atoms with Gasteiger partial charge in [0.15, 0.2) is 0 Å². The lowest BCUT2D eigenvalue weighted by atomic mass is 10.6. The summed E-state index contributed by atoms with van der Waals surface area (Å²) in [7, 11) is 0. The Morgan fingerprint density at radius 1 is 1.75 bits per heavy atom. The van der Waals surface area contributed by atoms with Crippen LogP contribution in [0.1, 0.15) is 0 Å². The van der Waals surface area contributed by atoms with E-state index in [9.17, 15) is 4.39 Å². The Bertz CT molecular complexity index is 170. The lowest BCUT2D eigenvalue weighted by Crippen LogP contribution is -1.81. The van der Waals surface area contributed by atoms with Crippen LogP contribution in [0.5, 0.6) is 5.88 Å². The van der Waals surface area contributed by atoms with Gasteiger partial charge in [-0.25, -0.2) is 4.98 Å². The SMILES string of the molecule is Oc1ncn[c]c1F. The Balaban J connectivity index is 3.13. The van der Waals surface area contributed by atoms with Gasteiger partial charge in [0.1, 0.15) is 12.5 Å². The molecule has 0 aliphatic rings. The van der Waals surface area contributed by atoms with E-state index < -0.39 is 11.7 Å². The van der Waals surface area contributed by atoms with Crippen molar-refractivity contribution in [3.63, 3.8) is 0 Å². The molecule has 0 aliphatic carbocycles. The fraction of sp³-hybridized carbons (Fsp3) is 0. The third-order valence-electron chi connectivity index (χ3n) is 0.597. The van der Waals surface area contributed by atoms with Crippen molar-refractivity contribution in [2.75, 3.05) is 0 Å². The standard InChI is InChI=1S/C4H2FN2O/c5-3-1-6-2-7-4(3)8/h2H,(H,6,7,8). The summed E-state index contributed by atoms with van der Waals surface area (Å²) in [6.45, 7) is 0. The minimum atomic E-state index is -0.924. The van der Waals surface area contributed by atoms with Crippen molar-refractivity contribution < 1.29 is 9.50 Å². The van der Waals surface area contributed by atoms with E-state index >= 15 is 0 Å². The van der Waals surface area contributed by atoms with Crippen LogP contribution in [-0.4, -0.2) is 15.1 Å². The molecular weight excluding hydrogens is 111 g/mol. The first kappa shape index (κ1) is 4.96. The Hall–Kier alpha value is -1.19. The zero-order valence-corrected chi connectivity index (χ0v) is 3.80. The molecule has 41 valence electrons. The highest BCUT2D eigenvalue weighted by Crippen LogP contribution is 2.04. The molecule has 1 N–H and O–H groups in total. The van der Waals surface area contributed by atoms with E-state index in [2.05, 4.69) is 9.97 Å². The van der Waals surface area contributed by atoms with Crippen molar-refractivity contribution in [2.45, 2.75) is 0 Å². The van der Waals surface area contributed by atoms with E-state index in [4.69, 9.17) is 5.11 Å². The second-order valence-corrected chi connectivity index (χ2v) is 1.12. The van der Waals surface area contributed by atoms with Crippen molar-refractivity contribution >= 4 is 0 Å². The van der Waals surface area contributed by atoms with Gasteiger partial charge in [0.05, 0.1) is 0 Å². The van der Waals surface area contributed by atoms with Crippen LogP contribution < -0.4 is 0 Å². The summed E-state index contributed by atoms with van der Waals surface area (Å²) in [6.07, 6.45) is 2.88. The molecule has 0 saturated carbocycles. The number of hydrogen-bond donors (Lipinski definition) is 1. The van der Waals surface area contributed by atoms with Gasteiger partial charge in [-0.2, -0.15) is 9.37 Å². The topological polar surface area (TPSA) is 46.0 Å². The Kier molecular flexibility index (Phi) is 1.07. The second-order valence-electron chi connectivity index (χ2n) is 1.12. The van der Waals surface area contributed by atoms with Gasteiger partial charge in [-0.1, -0.05) is 0 Å². The van der Waals surface area contributed by atoms with Crippen molar-refractivity contribution in [2.24, 2.45) is 0 Å². The molecule has 0 unspecified atom stereocenters. The third kappa shape index (κ3) is 0.726. The quantitative estimate of drug-likeness (QED) is 0.519. The highest BCUT2D eigenvalue weighted by Gasteiger charge is 1.96. The molecule has 1 aromatic rings. The molecule has 0 spiro atoms. The minimum absolute atomic E-state index is 0.667. The molecule has 0 bridgehead atoms. The van der Waals surface area contributed by atoms with Gasteiger partial charge in [-0.15, -0.1) is 0 Å².